The van der Waals surface area contributed by atoms with E-state index in [4.69, 9.17) is 16.3 Å². The van der Waals surface area contributed by atoms with Crippen LogP contribution in [0.2, 0.25) is 5.02 Å². The number of benzene rings is 2. The number of aliphatic hydroxyl groups is 1. The highest BCUT2D eigenvalue weighted by molar-refractivity contribution is 7.90. The van der Waals surface area contributed by atoms with Crippen LogP contribution in [-0.2, 0) is 28.3 Å². The molecular weight excluding hydrogens is 682 g/mol. The molecule has 1 spiro atoms. The number of rotatable bonds is 14. The van der Waals surface area contributed by atoms with Gasteiger partial charge in [0.2, 0.25) is 10.0 Å². The van der Waals surface area contributed by atoms with Crippen molar-refractivity contribution in [2.75, 3.05) is 24.6 Å². The number of hydrogen-bond donors (Lipinski definition) is 2. The molecule has 5 atom stereocenters. The monoisotopic (exact) mass is 731 g/mol. The fourth-order valence-electron chi connectivity index (χ4n) is 8.05. The number of sulfonamides is 1. The Bertz CT molecular complexity index is 1830. The number of hydrogen-bond acceptors (Lipinski definition) is 7. The largest absolute Gasteiger partial charge is 0.490 e. The van der Waals surface area contributed by atoms with Crippen molar-refractivity contribution in [3.63, 3.8) is 0 Å². The van der Waals surface area contributed by atoms with E-state index in [-0.39, 0.29) is 29.2 Å². The van der Waals surface area contributed by atoms with Crippen molar-refractivity contribution in [1.82, 2.24) is 9.71 Å². The molecule has 51 heavy (non-hydrogen) atoms. The molecule has 10 heteroatoms. The Labute approximate surface area is 308 Å². The number of ether oxygens (including phenoxy) is 1. The molecule has 1 aliphatic heterocycles. The van der Waals surface area contributed by atoms with Crippen LogP contribution >= 0.6 is 11.6 Å². The third-order valence-corrected chi connectivity index (χ3v) is 13.0. The van der Waals surface area contributed by atoms with Crippen molar-refractivity contribution in [2.45, 2.75) is 87.9 Å². The number of pyridine rings is 1. The maximum atomic E-state index is 13.8. The number of nitrogens with one attached hydrogen (secondary N) is 1. The summed E-state index contributed by atoms with van der Waals surface area (Å²) < 4.78 is 36.4. The van der Waals surface area contributed by atoms with Gasteiger partial charge in [0.15, 0.2) is 0 Å². The first-order valence-electron chi connectivity index (χ1n) is 18.3. The minimum Gasteiger partial charge on any atom is -0.490 e. The first kappa shape index (κ1) is 37.1. The van der Waals surface area contributed by atoms with Gasteiger partial charge in [0.1, 0.15) is 5.75 Å². The Hall–Kier alpha value is -3.66. The van der Waals surface area contributed by atoms with E-state index in [1.165, 1.54) is 11.1 Å². The van der Waals surface area contributed by atoms with Crippen LogP contribution in [0.5, 0.6) is 5.75 Å². The van der Waals surface area contributed by atoms with Gasteiger partial charge in [-0.15, -0.1) is 6.58 Å². The zero-order chi connectivity index (χ0) is 36.0. The molecule has 2 aromatic carbocycles. The second-order valence-corrected chi connectivity index (χ2v) is 16.9. The lowest BCUT2D eigenvalue weighted by Crippen LogP contribution is -2.49. The van der Waals surface area contributed by atoms with Crippen LogP contribution in [0, 0.1) is 11.8 Å². The molecule has 2 N–H and O–H groups in total. The number of fused-ring (bicyclic) bond motifs is 3. The van der Waals surface area contributed by atoms with Crippen molar-refractivity contribution in [1.29, 1.82) is 0 Å². The highest BCUT2D eigenvalue weighted by Gasteiger charge is 2.44. The number of amides is 1. The summed E-state index contributed by atoms with van der Waals surface area (Å²) >= 11 is 6.44. The van der Waals surface area contributed by atoms with E-state index in [1.807, 2.05) is 18.2 Å². The van der Waals surface area contributed by atoms with E-state index < -0.39 is 27.3 Å². The summed E-state index contributed by atoms with van der Waals surface area (Å²) in [5.74, 6) is 0.364. The second-order valence-electron chi connectivity index (χ2n) is 14.5. The van der Waals surface area contributed by atoms with Crippen LogP contribution in [0.1, 0.15) is 85.5 Å². The number of aromatic nitrogens is 1. The Morgan fingerprint density at radius 1 is 1.20 bits per heavy atom. The van der Waals surface area contributed by atoms with Crippen LogP contribution in [0.3, 0.4) is 0 Å². The number of aryl methyl sites for hydroxylation is 1. The van der Waals surface area contributed by atoms with Gasteiger partial charge in [-0.1, -0.05) is 55.3 Å². The van der Waals surface area contributed by atoms with Crippen LogP contribution in [0.25, 0.3) is 0 Å². The Morgan fingerprint density at radius 3 is 2.80 bits per heavy atom. The molecule has 3 aliphatic rings. The normalized spacial score (nSPS) is 22.6. The number of halogens is 1. The molecule has 0 bridgehead atoms. The third kappa shape index (κ3) is 8.53. The Kier molecular flexibility index (Phi) is 11.9. The summed E-state index contributed by atoms with van der Waals surface area (Å²) in [4.78, 5) is 20.4. The molecule has 2 heterocycles. The molecule has 6 rings (SSSR count). The molecule has 1 amide bonds. The summed E-state index contributed by atoms with van der Waals surface area (Å²) in [7, 11) is -4.06. The van der Waals surface area contributed by atoms with Crippen molar-refractivity contribution in [2.24, 2.45) is 11.8 Å². The molecule has 1 saturated carbocycles. The summed E-state index contributed by atoms with van der Waals surface area (Å²) in [5.41, 5.74) is 3.82. The van der Waals surface area contributed by atoms with Crippen LogP contribution in [0.4, 0.5) is 5.69 Å². The second kappa shape index (κ2) is 16.3. The number of allylic oxidation sites excluding steroid dienone is 2. The number of aliphatic hydroxyl groups excluding tert-OH is 1. The lowest BCUT2D eigenvalue weighted by molar-refractivity contribution is 0.0456. The van der Waals surface area contributed by atoms with E-state index in [9.17, 15) is 18.3 Å². The number of carbonyl (C=O) groups excluding carboxylic acids is 1. The summed E-state index contributed by atoms with van der Waals surface area (Å²) in [6, 6.07) is 16.8. The maximum Gasteiger partial charge on any atom is 0.264 e. The SMILES string of the molecule is C=CCC[C@@H](Cc1ccccn1)S(=O)(=O)NC(=O)c1ccc2c(c1)N(C[C@@H]1CC[C@H]1[C@@H](O)/C=C/CCC)C[C@@]1(CCCc3cc(Cl)ccc31)CO2. The predicted molar refractivity (Wildman–Crippen MR) is 204 cm³/mol. The van der Waals surface area contributed by atoms with E-state index in [1.54, 1.807) is 42.6 Å². The first-order chi connectivity index (χ1) is 24.6. The number of unbranched alkanes of at least 4 members (excludes halogenated alkanes) is 1. The van der Waals surface area contributed by atoms with Crippen molar-refractivity contribution < 1.29 is 23.1 Å². The van der Waals surface area contributed by atoms with Crippen molar-refractivity contribution in [3.8, 4) is 5.75 Å². The molecule has 3 aromatic rings. The van der Waals surface area contributed by atoms with Gasteiger partial charge in [-0.25, -0.2) is 13.1 Å². The predicted octanol–water partition coefficient (Wildman–Crippen LogP) is 7.59. The van der Waals surface area contributed by atoms with Gasteiger partial charge in [-0.05, 0) is 117 Å². The zero-order valence-electron chi connectivity index (χ0n) is 29.5. The minimum absolute atomic E-state index is 0.141. The van der Waals surface area contributed by atoms with Gasteiger partial charge in [-0.2, -0.15) is 0 Å². The lowest BCUT2D eigenvalue weighted by Gasteiger charge is -2.45. The summed E-state index contributed by atoms with van der Waals surface area (Å²) in [5, 5.41) is 11.0. The van der Waals surface area contributed by atoms with Gasteiger partial charge < -0.3 is 14.7 Å². The van der Waals surface area contributed by atoms with E-state index in [0.717, 1.165) is 55.7 Å². The molecule has 0 radical (unpaired) electrons. The van der Waals surface area contributed by atoms with Gasteiger partial charge in [-0.3, -0.25) is 9.78 Å². The fraction of sp³-hybridized carbons (Fsp3) is 0.463. The molecule has 272 valence electrons. The third-order valence-electron chi connectivity index (χ3n) is 11.0. The number of anilines is 1. The maximum absolute atomic E-state index is 13.8. The Balaban J connectivity index is 1.30. The van der Waals surface area contributed by atoms with Gasteiger partial charge in [0.25, 0.3) is 5.91 Å². The zero-order valence-corrected chi connectivity index (χ0v) is 31.0. The number of nitrogens with zero attached hydrogens (tertiary/aromatic N) is 2. The molecule has 0 unspecified atom stereocenters. The topological polar surface area (TPSA) is 109 Å². The molecule has 8 nitrogen and oxygen atoms in total. The summed E-state index contributed by atoms with van der Waals surface area (Å²) in [6.07, 6.45) is 14.6. The lowest BCUT2D eigenvalue weighted by atomic mass is 9.68. The van der Waals surface area contributed by atoms with E-state index >= 15 is 0 Å². The van der Waals surface area contributed by atoms with E-state index in [0.29, 0.717) is 44.0 Å². The minimum atomic E-state index is -4.06. The van der Waals surface area contributed by atoms with E-state index in [2.05, 4.69) is 46.3 Å². The smallest absolute Gasteiger partial charge is 0.264 e. The average Bonchev–Trinajstić information content (AvgIpc) is 3.25. The molecule has 1 aromatic heterocycles. The quantitative estimate of drug-likeness (QED) is 0.165. The molecule has 0 saturated heterocycles. The summed E-state index contributed by atoms with van der Waals surface area (Å²) in [6.45, 7) is 7.70. The van der Waals surface area contributed by atoms with Gasteiger partial charge >= 0.3 is 0 Å². The Morgan fingerprint density at radius 2 is 2.06 bits per heavy atom. The first-order valence-corrected chi connectivity index (χ1v) is 20.3. The average molecular weight is 732 g/mol. The highest BCUT2D eigenvalue weighted by Crippen LogP contribution is 2.46. The number of carbonyl (C=O) groups is 1. The van der Waals surface area contributed by atoms with Gasteiger partial charge in [0, 0.05) is 47.4 Å². The van der Waals surface area contributed by atoms with Crippen molar-refractivity contribution >= 4 is 33.2 Å². The molecular formula is C41H50ClN3O5S. The van der Waals surface area contributed by atoms with Gasteiger partial charge in [0.05, 0.1) is 23.6 Å². The molecule has 2 aliphatic carbocycles. The van der Waals surface area contributed by atoms with Crippen LogP contribution in [0.15, 0.2) is 85.6 Å². The highest BCUT2D eigenvalue weighted by atomic mass is 35.5. The molecule has 1 fully saturated rings. The van der Waals surface area contributed by atoms with Crippen molar-refractivity contribution in [3.05, 3.63) is 113 Å². The van der Waals surface area contributed by atoms with Crippen LogP contribution < -0.4 is 14.4 Å². The fourth-order valence-corrected chi connectivity index (χ4v) is 9.62. The standard InChI is InChI=1S/C41H50ClN3O5S/c1-3-5-7-14-38(46)35-18-15-31(35)26-45-27-41(21-10-11-29-23-32(42)17-19-36(29)41)28-50-39-20-16-30(24-37(39)45)40(47)44-51(48,49)34(13-6-4-2)25-33-12-8-9-22-43-33/h4,7-9,12,14,16-17,19-20,22-24,31,34-35,38,46H,2-3,5-6,10-11,13,15,18,21,25-28H2,1H3,(H,44,47)/b14-7+/t31-,34-,35+,38-,41-/m0/s1. The van der Waals surface area contributed by atoms with Crippen LogP contribution in [-0.4, -0.2) is 55.5 Å².